The monoisotopic (exact) mass is 791 g/mol. The van der Waals surface area contributed by atoms with Crippen LogP contribution in [0.25, 0.3) is 22.2 Å². The molecule has 56 heavy (non-hydrogen) atoms. The first-order valence-corrected chi connectivity index (χ1v) is 20.3. The average Bonchev–Trinajstić information content (AvgIpc) is 3.68. The molecule has 1 aromatic heterocycles. The summed E-state index contributed by atoms with van der Waals surface area (Å²) < 4.78 is 45.1. The quantitative estimate of drug-likeness (QED) is 0.186. The number of hydrogen-bond acceptors (Lipinski definition) is 10. The Morgan fingerprint density at radius 1 is 1.05 bits per heavy atom. The molecule has 3 N–H and O–H groups in total. The number of sulfonamides is 1. The summed E-state index contributed by atoms with van der Waals surface area (Å²) in [6.07, 6.45) is 0.345. The molecule has 5 rings (SSSR count). The number of rotatable bonds is 14. The van der Waals surface area contributed by atoms with Crippen LogP contribution in [-0.4, -0.2) is 90.3 Å². The van der Waals surface area contributed by atoms with E-state index >= 15 is 0 Å². The van der Waals surface area contributed by atoms with Crippen molar-refractivity contribution in [3.8, 4) is 22.8 Å². The summed E-state index contributed by atoms with van der Waals surface area (Å²) in [6.45, 7) is 15.5. The second-order valence-corrected chi connectivity index (χ2v) is 18.3. The Hall–Kier alpha value is -5.18. The van der Waals surface area contributed by atoms with Crippen LogP contribution in [0.4, 0.5) is 4.79 Å². The molecule has 3 aromatic rings. The van der Waals surface area contributed by atoms with E-state index in [-0.39, 0.29) is 31.7 Å². The summed E-state index contributed by atoms with van der Waals surface area (Å²) in [4.78, 5) is 61.7. The normalized spacial score (nSPS) is 21.3. The zero-order chi connectivity index (χ0) is 41.2. The molecular formula is C41H53N5O9S. The van der Waals surface area contributed by atoms with Gasteiger partial charge >= 0.3 is 6.09 Å². The average molecular weight is 792 g/mol. The van der Waals surface area contributed by atoms with Crippen molar-refractivity contribution in [2.75, 3.05) is 13.7 Å². The molecule has 1 saturated carbocycles. The van der Waals surface area contributed by atoms with E-state index in [4.69, 9.17) is 19.2 Å². The van der Waals surface area contributed by atoms with Gasteiger partial charge in [-0.3, -0.25) is 19.1 Å². The van der Waals surface area contributed by atoms with Crippen LogP contribution in [-0.2, 0) is 29.1 Å². The number of carbonyl (C=O) groups excluding carboxylic acids is 4. The van der Waals surface area contributed by atoms with Gasteiger partial charge in [-0.05, 0) is 65.5 Å². The van der Waals surface area contributed by atoms with Crippen LogP contribution >= 0.6 is 0 Å². The van der Waals surface area contributed by atoms with Crippen molar-refractivity contribution < 1.29 is 41.8 Å². The topological polar surface area (TPSA) is 182 Å². The van der Waals surface area contributed by atoms with Gasteiger partial charge in [0.1, 0.15) is 40.8 Å². The molecule has 4 amide bonds. The molecule has 2 heterocycles. The number of hydrogen-bond donors (Lipinski definition) is 3. The first-order chi connectivity index (χ1) is 26.3. The first kappa shape index (κ1) is 42.0. The SMILES string of the molecule is C=C[C@@H]1C[C@]1(NC(=O)[C@@H]1C[C@@H](Oc2cc(-c3ccccc3)nc3cc(OC)ccc23)CN1C(=O)[C@H](CC(C)C)NC(=O)OC(C)(C)C)C(=O)NS(=O)(=O)C(C)C. The number of amides is 4. The van der Waals surface area contributed by atoms with E-state index < -0.39 is 74.3 Å². The zero-order valence-corrected chi connectivity index (χ0v) is 34.1. The zero-order valence-electron chi connectivity index (χ0n) is 33.3. The largest absolute Gasteiger partial charge is 0.497 e. The smallest absolute Gasteiger partial charge is 0.408 e. The maximum absolute atomic E-state index is 14.5. The van der Waals surface area contributed by atoms with Crippen molar-refractivity contribution in [1.29, 1.82) is 0 Å². The van der Waals surface area contributed by atoms with Crippen LogP contribution in [0.2, 0.25) is 0 Å². The molecule has 2 aromatic carbocycles. The van der Waals surface area contributed by atoms with Gasteiger partial charge in [0, 0.05) is 35.4 Å². The lowest BCUT2D eigenvalue weighted by Gasteiger charge is -2.31. The fraction of sp³-hybridized carbons (Fsp3) is 0.488. The molecule has 0 spiro atoms. The summed E-state index contributed by atoms with van der Waals surface area (Å²) in [5.74, 6) is -1.63. The number of benzene rings is 2. The van der Waals surface area contributed by atoms with Gasteiger partial charge in [0.2, 0.25) is 21.8 Å². The first-order valence-electron chi connectivity index (χ1n) is 18.8. The number of alkyl carbamates (subject to hydrolysis) is 1. The maximum Gasteiger partial charge on any atom is 0.408 e. The molecule has 302 valence electrons. The molecule has 5 atom stereocenters. The Bertz CT molecular complexity index is 2080. The number of carbonyl (C=O) groups is 4. The standard InChI is InChI=1S/C41H53N5O9S/c1-10-27-22-41(27,38(49)45-56(51,52)25(4)5)44-36(47)34-20-29(23-46(34)37(48)33(18-24(2)3)43-39(50)55-40(6,7)8)54-35-21-31(26-14-12-11-13-15-26)42-32-19-28(53-9)16-17-30(32)35/h10-17,19,21,24-25,27,29,33-34H,1,18,20,22-23H2,2-9H3,(H,43,50)(H,44,47)(H,45,49)/t27-,29-,33+,34+,41-/m1/s1. The van der Waals surface area contributed by atoms with Crippen LogP contribution < -0.4 is 24.8 Å². The van der Waals surface area contributed by atoms with Crippen LogP contribution in [0.5, 0.6) is 11.5 Å². The number of pyridine rings is 1. The van der Waals surface area contributed by atoms with Crippen LogP contribution in [0.1, 0.15) is 67.7 Å². The van der Waals surface area contributed by atoms with Crippen molar-refractivity contribution in [1.82, 2.24) is 25.2 Å². The van der Waals surface area contributed by atoms with Crippen molar-refractivity contribution in [3.63, 3.8) is 0 Å². The molecule has 2 aliphatic rings. The van der Waals surface area contributed by atoms with Crippen LogP contribution in [0, 0.1) is 11.8 Å². The number of ether oxygens (including phenoxy) is 3. The van der Waals surface area contributed by atoms with Gasteiger partial charge in [-0.2, -0.15) is 0 Å². The second kappa shape index (κ2) is 16.5. The predicted molar refractivity (Wildman–Crippen MR) is 212 cm³/mol. The third-order valence-electron chi connectivity index (χ3n) is 9.79. The van der Waals surface area contributed by atoms with E-state index in [9.17, 15) is 27.6 Å². The van der Waals surface area contributed by atoms with Gasteiger partial charge in [-0.25, -0.2) is 18.2 Å². The van der Waals surface area contributed by atoms with Gasteiger partial charge in [0.15, 0.2) is 0 Å². The van der Waals surface area contributed by atoms with Gasteiger partial charge in [-0.1, -0.05) is 50.3 Å². The highest BCUT2D eigenvalue weighted by Crippen LogP contribution is 2.45. The lowest BCUT2D eigenvalue weighted by molar-refractivity contribution is -0.141. The number of methoxy groups -OCH3 is 1. The van der Waals surface area contributed by atoms with E-state index in [0.717, 1.165) is 5.56 Å². The number of aromatic nitrogens is 1. The Balaban J connectivity index is 1.51. The molecule has 0 radical (unpaired) electrons. The highest BCUT2D eigenvalue weighted by atomic mass is 32.2. The van der Waals surface area contributed by atoms with Crippen molar-refractivity contribution in [3.05, 3.63) is 67.3 Å². The Kier molecular flexibility index (Phi) is 12.4. The summed E-state index contributed by atoms with van der Waals surface area (Å²) >= 11 is 0. The lowest BCUT2D eigenvalue weighted by atomic mass is 10.0. The molecule has 1 aliphatic heterocycles. The summed E-state index contributed by atoms with van der Waals surface area (Å²) in [7, 11) is -2.46. The van der Waals surface area contributed by atoms with Gasteiger partial charge in [-0.15, -0.1) is 6.58 Å². The van der Waals surface area contributed by atoms with E-state index in [2.05, 4.69) is 21.9 Å². The number of fused-ring (bicyclic) bond motifs is 1. The van der Waals surface area contributed by atoms with E-state index in [1.54, 1.807) is 40.0 Å². The Morgan fingerprint density at radius 3 is 2.34 bits per heavy atom. The molecular weight excluding hydrogens is 739 g/mol. The fourth-order valence-corrected chi connectivity index (χ4v) is 7.41. The van der Waals surface area contributed by atoms with Gasteiger partial charge < -0.3 is 29.7 Å². The summed E-state index contributed by atoms with van der Waals surface area (Å²) in [5.41, 5.74) is -0.339. The van der Waals surface area contributed by atoms with E-state index in [1.165, 1.54) is 24.8 Å². The van der Waals surface area contributed by atoms with Crippen LogP contribution in [0.15, 0.2) is 67.3 Å². The molecule has 15 heteroatoms. The molecule has 0 bridgehead atoms. The minimum Gasteiger partial charge on any atom is -0.497 e. The summed E-state index contributed by atoms with van der Waals surface area (Å²) in [6, 6.07) is 14.5. The maximum atomic E-state index is 14.5. The fourth-order valence-electron chi connectivity index (χ4n) is 6.73. The number of nitrogens with zero attached hydrogens (tertiary/aromatic N) is 2. The second-order valence-electron chi connectivity index (χ2n) is 16.1. The minimum absolute atomic E-state index is 0.0137. The molecule has 1 saturated heterocycles. The predicted octanol–water partition coefficient (Wildman–Crippen LogP) is 5.11. The van der Waals surface area contributed by atoms with Crippen molar-refractivity contribution in [2.24, 2.45) is 11.8 Å². The van der Waals surface area contributed by atoms with E-state index in [0.29, 0.717) is 28.1 Å². The van der Waals surface area contributed by atoms with Gasteiger partial charge in [0.25, 0.3) is 5.91 Å². The van der Waals surface area contributed by atoms with Crippen LogP contribution in [0.3, 0.4) is 0 Å². The Morgan fingerprint density at radius 2 is 1.75 bits per heavy atom. The van der Waals surface area contributed by atoms with Gasteiger partial charge in [0.05, 0.1) is 30.1 Å². The molecule has 1 aliphatic carbocycles. The number of nitrogens with one attached hydrogen (secondary N) is 3. The molecule has 0 unspecified atom stereocenters. The third kappa shape index (κ3) is 9.60. The number of likely N-dealkylation sites (tertiary alicyclic amines) is 1. The minimum atomic E-state index is -4.02. The Labute approximate surface area is 328 Å². The van der Waals surface area contributed by atoms with Crippen molar-refractivity contribution >= 4 is 44.7 Å². The van der Waals surface area contributed by atoms with E-state index in [1.807, 2.05) is 56.3 Å². The highest BCUT2D eigenvalue weighted by Gasteiger charge is 2.61. The lowest BCUT2D eigenvalue weighted by Crippen LogP contribution is -2.58. The third-order valence-corrected chi connectivity index (χ3v) is 11.5. The highest BCUT2D eigenvalue weighted by molar-refractivity contribution is 7.90. The molecule has 14 nitrogen and oxygen atoms in total. The van der Waals surface area contributed by atoms with Crippen molar-refractivity contribution in [2.45, 2.75) is 102 Å². The summed E-state index contributed by atoms with van der Waals surface area (Å²) in [5, 5.41) is 5.28. The molecule has 2 fully saturated rings.